The molecule has 0 saturated carbocycles. The third-order valence-corrected chi connectivity index (χ3v) is 5.66. The Morgan fingerprint density at radius 3 is 2.24 bits per heavy atom. The predicted octanol–water partition coefficient (Wildman–Crippen LogP) is 6.46. The molecule has 0 fully saturated rings. The molecule has 0 bridgehead atoms. The van der Waals surface area contributed by atoms with E-state index < -0.39 is 5.97 Å². The Labute approximate surface area is 191 Å². The van der Waals surface area contributed by atoms with Gasteiger partial charge in [0.15, 0.2) is 5.78 Å². The molecular weight excluding hydrogens is 410 g/mol. The van der Waals surface area contributed by atoms with Gasteiger partial charge in [-0.1, -0.05) is 84.9 Å². The first-order valence-corrected chi connectivity index (χ1v) is 10.9. The second kappa shape index (κ2) is 8.67. The average Bonchev–Trinajstić information content (AvgIpc) is 2.87. The number of carbonyl (C=O) groups excluding carboxylic acids is 2. The normalized spacial score (nSPS) is 10.9. The monoisotopic (exact) mass is 431 g/mol. The molecule has 0 aliphatic carbocycles. The van der Waals surface area contributed by atoms with Crippen molar-refractivity contribution in [3.8, 4) is 11.3 Å². The molecule has 1 heterocycles. The van der Waals surface area contributed by atoms with E-state index in [0.717, 1.165) is 16.3 Å². The first-order chi connectivity index (χ1) is 16.2. The number of nitrogens with zero attached hydrogens (tertiary/aromatic N) is 1. The molecule has 0 aliphatic rings. The van der Waals surface area contributed by atoms with Crippen molar-refractivity contribution >= 4 is 33.4 Å². The SMILES string of the molecule is CCOC(=O)c1c(-c2ccc3ccccc3c2)nc2ccccc2c1C(=O)c1ccccc1. The third-order valence-electron chi connectivity index (χ3n) is 5.66. The molecule has 0 radical (unpaired) electrons. The summed E-state index contributed by atoms with van der Waals surface area (Å²) in [6.45, 7) is 1.95. The van der Waals surface area contributed by atoms with E-state index in [-0.39, 0.29) is 18.0 Å². The molecule has 0 unspecified atom stereocenters. The Morgan fingerprint density at radius 2 is 1.45 bits per heavy atom. The molecule has 0 saturated heterocycles. The first kappa shape index (κ1) is 20.6. The van der Waals surface area contributed by atoms with Gasteiger partial charge in [0.05, 0.1) is 23.4 Å². The minimum Gasteiger partial charge on any atom is -0.462 e. The van der Waals surface area contributed by atoms with Gasteiger partial charge in [-0.15, -0.1) is 0 Å². The Morgan fingerprint density at radius 1 is 0.758 bits per heavy atom. The van der Waals surface area contributed by atoms with Crippen molar-refractivity contribution in [1.29, 1.82) is 0 Å². The standard InChI is InChI=1S/C29H21NO3/c1-2-33-29(32)26-25(28(31)20-11-4-3-5-12-20)23-14-8-9-15-24(23)30-27(26)22-17-16-19-10-6-7-13-21(19)18-22/h3-18H,2H2,1H3. The van der Waals surface area contributed by atoms with E-state index in [2.05, 4.69) is 0 Å². The second-order valence-corrected chi connectivity index (χ2v) is 7.71. The fourth-order valence-corrected chi connectivity index (χ4v) is 4.13. The van der Waals surface area contributed by atoms with Gasteiger partial charge in [-0.3, -0.25) is 4.79 Å². The van der Waals surface area contributed by atoms with Crippen LogP contribution in [0.15, 0.2) is 97.1 Å². The number of para-hydroxylation sites is 1. The quantitative estimate of drug-likeness (QED) is 0.237. The van der Waals surface area contributed by atoms with Gasteiger partial charge < -0.3 is 4.74 Å². The summed E-state index contributed by atoms with van der Waals surface area (Å²) in [5, 5.41) is 2.73. The van der Waals surface area contributed by atoms with Gasteiger partial charge in [0, 0.05) is 22.1 Å². The highest BCUT2D eigenvalue weighted by Gasteiger charge is 2.28. The average molecular weight is 431 g/mol. The number of aromatic nitrogens is 1. The lowest BCUT2D eigenvalue weighted by molar-refractivity contribution is 0.0524. The molecule has 33 heavy (non-hydrogen) atoms. The molecule has 0 amide bonds. The van der Waals surface area contributed by atoms with Crippen molar-refractivity contribution in [2.24, 2.45) is 0 Å². The molecule has 0 N–H and O–H groups in total. The topological polar surface area (TPSA) is 56.3 Å². The van der Waals surface area contributed by atoms with Crippen LogP contribution in [0, 0.1) is 0 Å². The van der Waals surface area contributed by atoms with Crippen molar-refractivity contribution in [1.82, 2.24) is 4.98 Å². The van der Waals surface area contributed by atoms with Gasteiger partial charge in [-0.25, -0.2) is 9.78 Å². The van der Waals surface area contributed by atoms with Crippen LogP contribution in [0.4, 0.5) is 0 Å². The molecular formula is C29H21NO3. The van der Waals surface area contributed by atoms with Gasteiger partial charge in [-0.05, 0) is 29.8 Å². The van der Waals surface area contributed by atoms with Gasteiger partial charge in [0.25, 0.3) is 0 Å². The Bertz CT molecular complexity index is 1510. The van der Waals surface area contributed by atoms with E-state index in [0.29, 0.717) is 27.7 Å². The zero-order chi connectivity index (χ0) is 22.8. The number of pyridine rings is 1. The Balaban J connectivity index is 1.86. The lowest BCUT2D eigenvalue weighted by Crippen LogP contribution is -2.16. The maximum Gasteiger partial charge on any atom is 0.341 e. The fraction of sp³-hybridized carbons (Fsp3) is 0.0690. The highest BCUT2D eigenvalue weighted by Crippen LogP contribution is 2.34. The highest BCUT2D eigenvalue weighted by atomic mass is 16.5. The zero-order valence-corrected chi connectivity index (χ0v) is 18.1. The van der Waals surface area contributed by atoms with Crippen molar-refractivity contribution in [3.05, 3.63) is 114 Å². The molecule has 160 valence electrons. The number of hydrogen-bond acceptors (Lipinski definition) is 4. The predicted molar refractivity (Wildman–Crippen MR) is 131 cm³/mol. The van der Waals surface area contributed by atoms with Gasteiger partial charge in [0.2, 0.25) is 0 Å². The highest BCUT2D eigenvalue weighted by molar-refractivity contribution is 6.22. The summed E-state index contributed by atoms with van der Waals surface area (Å²) < 4.78 is 5.42. The minimum absolute atomic E-state index is 0.194. The number of ether oxygens (including phenoxy) is 1. The lowest BCUT2D eigenvalue weighted by atomic mass is 9.91. The maximum absolute atomic E-state index is 13.8. The van der Waals surface area contributed by atoms with Gasteiger partial charge in [0.1, 0.15) is 0 Å². The van der Waals surface area contributed by atoms with Crippen LogP contribution < -0.4 is 0 Å². The molecule has 5 rings (SSSR count). The van der Waals surface area contributed by atoms with E-state index >= 15 is 0 Å². The number of esters is 1. The molecule has 1 aromatic heterocycles. The molecule has 4 aromatic carbocycles. The Kier molecular flexibility index (Phi) is 5.41. The maximum atomic E-state index is 13.8. The van der Waals surface area contributed by atoms with Crippen LogP contribution in [0.1, 0.15) is 33.2 Å². The van der Waals surface area contributed by atoms with Crippen LogP contribution in [-0.4, -0.2) is 23.3 Å². The molecule has 0 aliphatic heterocycles. The van der Waals surface area contributed by atoms with Crippen molar-refractivity contribution < 1.29 is 14.3 Å². The first-order valence-electron chi connectivity index (χ1n) is 10.9. The van der Waals surface area contributed by atoms with Crippen LogP contribution >= 0.6 is 0 Å². The molecule has 4 nitrogen and oxygen atoms in total. The summed E-state index contributed by atoms with van der Waals surface area (Å²) in [4.78, 5) is 31.9. The molecule has 0 spiro atoms. The number of carbonyl (C=O) groups is 2. The van der Waals surface area contributed by atoms with Crippen LogP contribution in [0.5, 0.6) is 0 Å². The lowest BCUT2D eigenvalue weighted by Gasteiger charge is -2.16. The van der Waals surface area contributed by atoms with E-state index in [1.165, 1.54) is 0 Å². The van der Waals surface area contributed by atoms with Crippen LogP contribution in [0.2, 0.25) is 0 Å². The molecule has 4 heteroatoms. The summed E-state index contributed by atoms with van der Waals surface area (Å²) in [6.07, 6.45) is 0. The van der Waals surface area contributed by atoms with E-state index in [1.54, 1.807) is 19.1 Å². The second-order valence-electron chi connectivity index (χ2n) is 7.71. The van der Waals surface area contributed by atoms with Crippen molar-refractivity contribution in [3.63, 3.8) is 0 Å². The summed E-state index contributed by atoms with van der Waals surface area (Å²) in [5.41, 5.74) is 2.85. The van der Waals surface area contributed by atoms with E-state index in [4.69, 9.17) is 9.72 Å². The van der Waals surface area contributed by atoms with Gasteiger partial charge >= 0.3 is 5.97 Å². The van der Waals surface area contributed by atoms with Crippen LogP contribution in [-0.2, 0) is 4.74 Å². The molecule has 5 aromatic rings. The number of fused-ring (bicyclic) bond motifs is 2. The zero-order valence-electron chi connectivity index (χ0n) is 18.1. The minimum atomic E-state index is -0.557. The van der Waals surface area contributed by atoms with E-state index in [1.807, 2.05) is 84.9 Å². The number of rotatable bonds is 5. The Hall–Kier alpha value is -4.31. The molecule has 0 atom stereocenters. The summed E-state index contributed by atoms with van der Waals surface area (Å²) in [7, 11) is 0. The van der Waals surface area contributed by atoms with Gasteiger partial charge in [-0.2, -0.15) is 0 Å². The third kappa shape index (κ3) is 3.76. The largest absolute Gasteiger partial charge is 0.462 e. The fourth-order valence-electron chi connectivity index (χ4n) is 4.13. The summed E-state index contributed by atoms with van der Waals surface area (Å²) >= 11 is 0. The number of hydrogen-bond donors (Lipinski definition) is 0. The number of ketones is 1. The van der Waals surface area contributed by atoms with Crippen molar-refractivity contribution in [2.45, 2.75) is 6.92 Å². The van der Waals surface area contributed by atoms with Crippen LogP contribution in [0.25, 0.3) is 32.9 Å². The smallest absolute Gasteiger partial charge is 0.341 e. The summed E-state index contributed by atoms with van der Waals surface area (Å²) in [5.74, 6) is -0.794. The summed E-state index contributed by atoms with van der Waals surface area (Å²) in [6, 6.07) is 30.3. The van der Waals surface area contributed by atoms with E-state index in [9.17, 15) is 9.59 Å². The van der Waals surface area contributed by atoms with Crippen LogP contribution in [0.3, 0.4) is 0 Å². The van der Waals surface area contributed by atoms with Crippen molar-refractivity contribution in [2.75, 3.05) is 6.61 Å². The number of benzene rings is 4.